The van der Waals surface area contributed by atoms with Crippen molar-refractivity contribution in [3.05, 3.63) is 26.9 Å². The molecule has 0 aliphatic carbocycles. The lowest BCUT2D eigenvalue weighted by Gasteiger charge is -2.01. The first-order valence-electron chi connectivity index (χ1n) is 5.36. The van der Waals surface area contributed by atoms with Gasteiger partial charge in [-0.25, -0.2) is 4.98 Å². The van der Waals surface area contributed by atoms with Crippen LogP contribution in [0.5, 0.6) is 0 Å². The van der Waals surface area contributed by atoms with E-state index in [0.717, 1.165) is 10.7 Å². The first-order valence-corrected chi connectivity index (χ1v) is 7.12. The fourth-order valence-electron chi connectivity index (χ4n) is 1.66. The Bertz CT molecular complexity index is 483. The molecule has 0 aliphatic heterocycles. The number of rotatable bonds is 3. The van der Waals surface area contributed by atoms with E-state index in [4.69, 9.17) is 10.7 Å². The summed E-state index contributed by atoms with van der Waals surface area (Å²) in [5.74, 6) is 0.447. The first kappa shape index (κ1) is 11.8. The third-order valence-electron chi connectivity index (χ3n) is 2.55. The highest BCUT2D eigenvalue weighted by Gasteiger charge is 2.15. The molecule has 2 aromatic rings. The molecule has 0 fully saturated rings. The van der Waals surface area contributed by atoms with Crippen molar-refractivity contribution in [3.63, 3.8) is 0 Å². The minimum absolute atomic E-state index is 0.447. The van der Waals surface area contributed by atoms with Crippen molar-refractivity contribution in [3.8, 4) is 10.6 Å². The molecule has 2 heterocycles. The van der Waals surface area contributed by atoms with Crippen LogP contribution >= 0.6 is 22.7 Å². The Balaban J connectivity index is 2.48. The maximum Gasteiger partial charge on any atom is 0.125 e. The Hall–Kier alpha value is -0.710. The molecule has 16 heavy (non-hydrogen) atoms. The molecule has 0 saturated heterocycles. The molecule has 2 rings (SSSR count). The van der Waals surface area contributed by atoms with Crippen LogP contribution in [0, 0.1) is 6.92 Å². The van der Waals surface area contributed by atoms with E-state index in [1.165, 1.54) is 16.0 Å². The van der Waals surface area contributed by atoms with Gasteiger partial charge < -0.3 is 5.73 Å². The lowest BCUT2D eigenvalue weighted by molar-refractivity contribution is 0.814. The zero-order valence-corrected chi connectivity index (χ0v) is 11.4. The van der Waals surface area contributed by atoms with Crippen molar-refractivity contribution >= 4 is 22.7 Å². The van der Waals surface area contributed by atoms with Crippen LogP contribution in [0.3, 0.4) is 0 Å². The summed E-state index contributed by atoms with van der Waals surface area (Å²) in [6.45, 7) is 7.05. The molecule has 0 radical (unpaired) electrons. The average molecular weight is 252 g/mol. The Morgan fingerprint density at radius 1 is 1.38 bits per heavy atom. The first-order chi connectivity index (χ1) is 7.63. The minimum Gasteiger partial charge on any atom is -0.326 e. The van der Waals surface area contributed by atoms with Gasteiger partial charge in [0.2, 0.25) is 0 Å². The third-order valence-corrected chi connectivity index (χ3v) is 4.53. The number of aryl methyl sites for hydroxylation is 1. The fourth-order valence-corrected chi connectivity index (χ4v) is 3.74. The third kappa shape index (κ3) is 2.05. The van der Waals surface area contributed by atoms with E-state index in [1.807, 2.05) is 0 Å². The molecule has 0 aromatic carbocycles. The van der Waals surface area contributed by atoms with Gasteiger partial charge in [0.25, 0.3) is 0 Å². The second-order valence-electron chi connectivity index (χ2n) is 4.15. The summed E-state index contributed by atoms with van der Waals surface area (Å²) >= 11 is 3.46. The molecule has 0 atom stereocenters. The van der Waals surface area contributed by atoms with Crippen LogP contribution in [0.15, 0.2) is 10.8 Å². The number of thiazole rings is 1. The molecular formula is C12H16N2S2. The maximum absolute atomic E-state index is 5.77. The van der Waals surface area contributed by atoms with E-state index in [0.29, 0.717) is 12.5 Å². The van der Waals surface area contributed by atoms with Crippen molar-refractivity contribution in [2.45, 2.75) is 33.2 Å². The molecule has 0 saturated carbocycles. The van der Waals surface area contributed by atoms with Gasteiger partial charge in [-0.3, -0.25) is 0 Å². The van der Waals surface area contributed by atoms with Crippen molar-refractivity contribution in [2.75, 3.05) is 0 Å². The van der Waals surface area contributed by atoms with Gasteiger partial charge in [0, 0.05) is 22.4 Å². The number of nitrogens with zero attached hydrogens (tertiary/aromatic N) is 1. The van der Waals surface area contributed by atoms with Gasteiger partial charge in [0.15, 0.2) is 0 Å². The Morgan fingerprint density at radius 3 is 2.56 bits per heavy atom. The molecule has 86 valence electrons. The number of hydrogen-bond donors (Lipinski definition) is 1. The Labute approximate surface area is 104 Å². The van der Waals surface area contributed by atoms with E-state index in [9.17, 15) is 0 Å². The molecule has 0 unspecified atom stereocenters. The molecule has 0 amide bonds. The number of aromatic nitrogens is 1. The van der Waals surface area contributed by atoms with Gasteiger partial charge in [-0.2, -0.15) is 11.3 Å². The van der Waals surface area contributed by atoms with Gasteiger partial charge in [-0.15, -0.1) is 11.3 Å². The maximum atomic E-state index is 5.77. The van der Waals surface area contributed by atoms with E-state index >= 15 is 0 Å². The molecule has 2 aromatic heterocycles. The zero-order valence-electron chi connectivity index (χ0n) is 9.78. The predicted octanol–water partition coefficient (Wildman–Crippen LogP) is 3.76. The van der Waals surface area contributed by atoms with Gasteiger partial charge in [0.05, 0.1) is 5.69 Å². The van der Waals surface area contributed by atoms with E-state index < -0.39 is 0 Å². The summed E-state index contributed by atoms with van der Waals surface area (Å²) in [6.07, 6.45) is 0. The summed E-state index contributed by atoms with van der Waals surface area (Å²) in [4.78, 5) is 5.95. The molecule has 4 heteroatoms. The summed E-state index contributed by atoms with van der Waals surface area (Å²) in [7, 11) is 0. The highest BCUT2D eigenvalue weighted by molar-refractivity contribution is 7.15. The fraction of sp³-hybridized carbons (Fsp3) is 0.417. The van der Waals surface area contributed by atoms with Crippen molar-refractivity contribution in [2.24, 2.45) is 5.73 Å². The smallest absolute Gasteiger partial charge is 0.125 e. The van der Waals surface area contributed by atoms with Crippen LogP contribution in [0.25, 0.3) is 10.6 Å². The van der Waals surface area contributed by atoms with Gasteiger partial charge in [0.1, 0.15) is 5.01 Å². The summed E-state index contributed by atoms with van der Waals surface area (Å²) in [5, 5.41) is 5.44. The van der Waals surface area contributed by atoms with Gasteiger partial charge in [-0.1, -0.05) is 13.8 Å². The second-order valence-corrected chi connectivity index (χ2v) is 5.98. The molecule has 0 spiro atoms. The quantitative estimate of drug-likeness (QED) is 0.903. The molecular weight excluding hydrogens is 236 g/mol. The SMILES string of the molecule is Cc1cscc1-c1nc(C(C)C)c(CN)s1. The summed E-state index contributed by atoms with van der Waals surface area (Å²) in [5.41, 5.74) is 9.49. The Kier molecular flexibility index (Phi) is 3.42. The van der Waals surface area contributed by atoms with Crippen molar-refractivity contribution in [1.29, 1.82) is 0 Å². The summed E-state index contributed by atoms with van der Waals surface area (Å²) < 4.78 is 0. The number of thiophene rings is 1. The number of hydrogen-bond acceptors (Lipinski definition) is 4. The highest BCUT2D eigenvalue weighted by atomic mass is 32.1. The lowest BCUT2D eigenvalue weighted by Crippen LogP contribution is -1.99. The van der Waals surface area contributed by atoms with Crippen LogP contribution in [-0.4, -0.2) is 4.98 Å². The average Bonchev–Trinajstić information content (AvgIpc) is 2.82. The van der Waals surface area contributed by atoms with Crippen LogP contribution in [-0.2, 0) is 6.54 Å². The largest absolute Gasteiger partial charge is 0.326 e. The molecule has 2 nitrogen and oxygen atoms in total. The number of nitrogens with two attached hydrogens (primary N) is 1. The van der Waals surface area contributed by atoms with Crippen LogP contribution in [0.4, 0.5) is 0 Å². The van der Waals surface area contributed by atoms with Gasteiger partial charge >= 0.3 is 0 Å². The van der Waals surface area contributed by atoms with Gasteiger partial charge in [-0.05, 0) is 23.8 Å². The standard InChI is InChI=1S/C12H16N2S2/c1-7(2)11-10(4-13)16-12(14-11)9-6-15-5-8(9)3/h5-7H,4,13H2,1-3H3. The molecule has 0 aliphatic rings. The minimum atomic E-state index is 0.447. The summed E-state index contributed by atoms with van der Waals surface area (Å²) in [6, 6.07) is 0. The lowest BCUT2D eigenvalue weighted by atomic mass is 10.1. The Morgan fingerprint density at radius 2 is 2.12 bits per heavy atom. The van der Waals surface area contributed by atoms with E-state index in [2.05, 4.69) is 31.5 Å². The van der Waals surface area contributed by atoms with Crippen molar-refractivity contribution in [1.82, 2.24) is 4.98 Å². The highest BCUT2D eigenvalue weighted by Crippen LogP contribution is 2.34. The predicted molar refractivity (Wildman–Crippen MR) is 72.1 cm³/mol. The molecule has 0 bridgehead atoms. The van der Waals surface area contributed by atoms with Crippen LogP contribution in [0.2, 0.25) is 0 Å². The van der Waals surface area contributed by atoms with Crippen LogP contribution < -0.4 is 5.73 Å². The topological polar surface area (TPSA) is 38.9 Å². The normalized spacial score (nSPS) is 11.3. The molecule has 2 N–H and O–H groups in total. The van der Waals surface area contributed by atoms with E-state index in [1.54, 1.807) is 22.7 Å². The van der Waals surface area contributed by atoms with Crippen LogP contribution in [0.1, 0.15) is 35.9 Å². The zero-order chi connectivity index (χ0) is 11.7. The van der Waals surface area contributed by atoms with Crippen molar-refractivity contribution < 1.29 is 0 Å². The second kappa shape index (κ2) is 4.65. The van der Waals surface area contributed by atoms with E-state index in [-0.39, 0.29) is 0 Å². The monoisotopic (exact) mass is 252 g/mol.